The molecule has 3 unspecified atom stereocenters. The van der Waals surface area contributed by atoms with Gasteiger partial charge in [-0.05, 0) is 54.4 Å². The molecule has 0 spiro atoms. The van der Waals surface area contributed by atoms with E-state index in [4.69, 9.17) is 0 Å². The zero-order chi connectivity index (χ0) is 18.3. The SMILES string of the molecule is O=C(NC1CCCc2ccccc21)C1CC1c1ccccc1C(F)(F)F. The van der Waals surface area contributed by atoms with E-state index >= 15 is 0 Å². The maximum Gasteiger partial charge on any atom is 0.416 e. The number of aryl methyl sites for hydroxylation is 1. The van der Waals surface area contributed by atoms with Crippen LogP contribution in [-0.4, -0.2) is 5.91 Å². The first kappa shape index (κ1) is 17.1. The van der Waals surface area contributed by atoms with Crippen molar-refractivity contribution < 1.29 is 18.0 Å². The first-order chi connectivity index (χ1) is 12.4. The average Bonchev–Trinajstić information content (AvgIpc) is 3.42. The van der Waals surface area contributed by atoms with Crippen molar-refractivity contribution in [1.82, 2.24) is 5.32 Å². The van der Waals surface area contributed by atoms with Gasteiger partial charge in [-0.1, -0.05) is 42.5 Å². The van der Waals surface area contributed by atoms with Crippen LogP contribution in [0.15, 0.2) is 48.5 Å². The number of amides is 1. The minimum Gasteiger partial charge on any atom is -0.349 e. The Morgan fingerprint density at radius 1 is 1.00 bits per heavy atom. The molecule has 1 amide bonds. The minimum absolute atomic E-state index is 0.0356. The first-order valence-electron chi connectivity index (χ1n) is 8.99. The maximum absolute atomic E-state index is 13.2. The lowest BCUT2D eigenvalue weighted by molar-refractivity contribution is -0.138. The number of fused-ring (bicyclic) bond motifs is 1. The smallest absolute Gasteiger partial charge is 0.349 e. The highest BCUT2D eigenvalue weighted by molar-refractivity contribution is 5.83. The summed E-state index contributed by atoms with van der Waals surface area (Å²) in [5, 5.41) is 3.07. The molecule has 3 atom stereocenters. The molecule has 1 fully saturated rings. The number of alkyl halides is 3. The van der Waals surface area contributed by atoms with E-state index in [0.29, 0.717) is 6.42 Å². The lowest BCUT2D eigenvalue weighted by atomic mass is 9.87. The van der Waals surface area contributed by atoms with E-state index in [1.807, 2.05) is 18.2 Å². The third kappa shape index (κ3) is 3.22. The summed E-state index contributed by atoms with van der Waals surface area (Å²) in [6.07, 6.45) is -1.02. The first-order valence-corrected chi connectivity index (χ1v) is 8.99. The van der Waals surface area contributed by atoms with Gasteiger partial charge in [0.2, 0.25) is 5.91 Å². The average molecular weight is 359 g/mol. The summed E-state index contributed by atoms with van der Waals surface area (Å²) in [6, 6.07) is 13.6. The molecule has 136 valence electrons. The van der Waals surface area contributed by atoms with Gasteiger partial charge in [0.05, 0.1) is 11.6 Å². The molecule has 2 aromatic rings. The van der Waals surface area contributed by atoms with Gasteiger partial charge in [-0.15, -0.1) is 0 Å². The Balaban J connectivity index is 1.48. The van der Waals surface area contributed by atoms with Gasteiger partial charge in [0.15, 0.2) is 0 Å². The van der Waals surface area contributed by atoms with Crippen LogP contribution >= 0.6 is 0 Å². The van der Waals surface area contributed by atoms with Crippen LogP contribution < -0.4 is 5.32 Å². The molecule has 0 aromatic heterocycles. The lowest BCUT2D eigenvalue weighted by Gasteiger charge is -2.26. The fourth-order valence-corrected chi connectivity index (χ4v) is 4.09. The van der Waals surface area contributed by atoms with Crippen LogP contribution in [0.4, 0.5) is 13.2 Å². The Hall–Kier alpha value is -2.30. The summed E-state index contributed by atoms with van der Waals surface area (Å²) >= 11 is 0. The standard InChI is InChI=1S/C21H20F3NO/c22-21(23,24)18-10-4-3-9-15(18)16-12-17(16)20(26)25-19-11-5-7-13-6-1-2-8-14(13)19/h1-4,6,8-10,16-17,19H,5,7,11-12H2,(H,25,26). The number of benzene rings is 2. The van der Waals surface area contributed by atoms with Crippen LogP contribution in [-0.2, 0) is 17.4 Å². The van der Waals surface area contributed by atoms with E-state index in [1.165, 1.54) is 17.7 Å². The number of carbonyl (C=O) groups is 1. The predicted octanol–water partition coefficient (Wildman–Crippen LogP) is 5.00. The van der Waals surface area contributed by atoms with Crippen LogP contribution in [0.3, 0.4) is 0 Å². The molecular formula is C21H20F3NO. The largest absolute Gasteiger partial charge is 0.416 e. The second-order valence-corrected chi connectivity index (χ2v) is 7.19. The van der Waals surface area contributed by atoms with Crippen molar-refractivity contribution in [1.29, 1.82) is 0 Å². The number of rotatable bonds is 3. The maximum atomic E-state index is 13.2. The Morgan fingerprint density at radius 3 is 2.46 bits per heavy atom. The number of nitrogens with one attached hydrogen (secondary N) is 1. The van der Waals surface area contributed by atoms with Crippen LogP contribution in [0.25, 0.3) is 0 Å². The predicted molar refractivity (Wildman–Crippen MR) is 92.6 cm³/mol. The molecule has 0 bridgehead atoms. The van der Waals surface area contributed by atoms with Crippen molar-refractivity contribution in [3.63, 3.8) is 0 Å². The molecule has 5 heteroatoms. The molecule has 2 nitrogen and oxygen atoms in total. The summed E-state index contributed by atoms with van der Waals surface area (Å²) in [6.45, 7) is 0. The zero-order valence-electron chi connectivity index (χ0n) is 14.2. The molecule has 2 aliphatic rings. The number of halogens is 3. The van der Waals surface area contributed by atoms with Gasteiger partial charge < -0.3 is 5.32 Å². The Morgan fingerprint density at radius 2 is 1.69 bits per heavy atom. The van der Waals surface area contributed by atoms with E-state index in [9.17, 15) is 18.0 Å². The number of carbonyl (C=O) groups excluding carboxylic acids is 1. The number of hydrogen-bond donors (Lipinski definition) is 1. The molecule has 1 saturated carbocycles. The molecule has 2 aromatic carbocycles. The highest BCUT2D eigenvalue weighted by Gasteiger charge is 2.48. The van der Waals surface area contributed by atoms with Crippen molar-refractivity contribution in [3.8, 4) is 0 Å². The monoisotopic (exact) mass is 359 g/mol. The van der Waals surface area contributed by atoms with Gasteiger partial charge >= 0.3 is 6.18 Å². The summed E-state index contributed by atoms with van der Waals surface area (Å²) in [5.74, 6) is -0.840. The van der Waals surface area contributed by atoms with Crippen molar-refractivity contribution in [2.75, 3.05) is 0 Å². The molecule has 26 heavy (non-hydrogen) atoms. The molecule has 0 aliphatic heterocycles. The quantitative estimate of drug-likeness (QED) is 0.821. The van der Waals surface area contributed by atoms with E-state index in [2.05, 4.69) is 11.4 Å². The van der Waals surface area contributed by atoms with Gasteiger partial charge in [0, 0.05) is 5.92 Å². The van der Waals surface area contributed by atoms with E-state index in [0.717, 1.165) is 30.9 Å². The Kier molecular flexibility index (Phi) is 4.25. The van der Waals surface area contributed by atoms with Gasteiger partial charge in [0.1, 0.15) is 0 Å². The minimum atomic E-state index is -4.39. The summed E-state index contributed by atoms with van der Waals surface area (Å²) in [4.78, 5) is 12.6. The van der Waals surface area contributed by atoms with Crippen LogP contribution in [0.5, 0.6) is 0 Å². The Bertz CT molecular complexity index is 830. The normalized spacial score (nSPS) is 24.7. The van der Waals surface area contributed by atoms with Crippen molar-refractivity contribution >= 4 is 5.91 Å². The fourth-order valence-electron chi connectivity index (χ4n) is 4.09. The molecule has 4 rings (SSSR count). The molecule has 2 aliphatic carbocycles. The third-order valence-electron chi connectivity index (χ3n) is 5.48. The van der Waals surface area contributed by atoms with E-state index in [1.54, 1.807) is 6.07 Å². The highest BCUT2D eigenvalue weighted by Crippen LogP contribution is 2.51. The van der Waals surface area contributed by atoms with Crippen LogP contribution in [0.1, 0.15) is 53.5 Å². The van der Waals surface area contributed by atoms with Crippen LogP contribution in [0.2, 0.25) is 0 Å². The Labute approximate surface area is 150 Å². The molecular weight excluding hydrogens is 339 g/mol. The van der Waals surface area contributed by atoms with Gasteiger partial charge in [-0.25, -0.2) is 0 Å². The zero-order valence-corrected chi connectivity index (χ0v) is 14.2. The van der Waals surface area contributed by atoms with E-state index in [-0.39, 0.29) is 29.3 Å². The second kappa shape index (κ2) is 6.45. The van der Waals surface area contributed by atoms with Crippen LogP contribution in [0, 0.1) is 5.92 Å². The summed E-state index contributed by atoms with van der Waals surface area (Å²) in [7, 11) is 0. The highest BCUT2D eigenvalue weighted by atomic mass is 19.4. The molecule has 0 saturated heterocycles. The molecule has 0 radical (unpaired) electrons. The molecule has 0 heterocycles. The molecule has 1 N–H and O–H groups in total. The summed E-state index contributed by atoms with van der Waals surface area (Å²) < 4.78 is 39.6. The van der Waals surface area contributed by atoms with Crippen molar-refractivity contribution in [2.24, 2.45) is 5.92 Å². The number of hydrogen-bond acceptors (Lipinski definition) is 1. The lowest BCUT2D eigenvalue weighted by Crippen LogP contribution is -2.32. The van der Waals surface area contributed by atoms with Gasteiger partial charge in [0.25, 0.3) is 0 Å². The second-order valence-electron chi connectivity index (χ2n) is 7.19. The van der Waals surface area contributed by atoms with Crippen molar-refractivity contribution in [3.05, 3.63) is 70.8 Å². The van der Waals surface area contributed by atoms with Gasteiger partial charge in [-0.2, -0.15) is 13.2 Å². The summed E-state index contributed by atoms with van der Waals surface area (Å²) in [5.41, 5.74) is 2.01. The fraction of sp³-hybridized carbons (Fsp3) is 0.381. The third-order valence-corrected chi connectivity index (χ3v) is 5.48. The van der Waals surface area contributed by atoms with Crippen molar-refractivity contribution in [2.45, 2.75) is 43.8 Å². The van der Waals surface area contributed by atoms with Gasteiger partial charge in [-0.3, -0.25) is 4.79 Å². The topological polar surface area (TPSA) is 29.1 Å². The van der Waals surface area contributed by atoms with E-state index < -0.39 is 11.7 Å².